The first-order valence-electron chi connectivity index (χ1n) is 18.2. The predicted octanol–water partition coefficient (Wildman–Crippen LogP) is 3.47. The molecular formula is C37H60O10. The first-order valence-corrected chi connectivity index (χ1v) is 18.2. The molecule has 2 saturated heterocycles. The molecule has 5 N–H and O–H groups in total. The van der Waals surface area contributed by atoms with Gasteiger partial charge in [0.05, 0.1) is 42.2 Å². The van der Waals surface area contributed by atoms with Gasteiger partial charge in [0.1, 0.15) is 12.2 Å². The molecule has 0 aromatic heterocycles. The number of carbonyl (C=O) groups is 1. The summed E-state index contributed by atoms with van der Waals surface area (Å²) in [6.45, 7) is 16.0. The van der Waals surface area contributed by atoms with E-state index in [0.717, 1.165) is 44.9 Å². The number of fused-ring (bicyclic) bond motifs is 2. The lowest BCUT2D eigenvalue weighted by atomic mass is 9.41. The van der Waals surface area contributed by atoms with Crippen LogP contribution >= 0.6 is 0 Å². The Bertz CT molecular complexity index is 1270. The van der Waals surface area contributed by atoms with Crippen LogP contribution in [0.25, 0.3) is 0 Å². The third kappa shape index (κ3) is 4.60. The van der Waals surface area contributed by atoms with E-state index in [1.807, 2.05) is 13.8 Å². The van der Waals surface area contributed by atoms with E-state index in [4.69, 9.17) is 18.9 Å². The molecule has 7 fully saturated rings. The lowest BCUT2D eigenvalue weighted by molar-refractivity contribution is -0.309. The Balaban J connectivity index is 1.15. The fourth-order valence-corrected chi connectivity index (χ4v) is 13.7. The molecule has 0 unspecified atom stereocenters. The van der Waals surface area contributed by atoms with Gasteiger partial charge in [-0.25, -0.2) is 0 Å². The number of hydrogen-bond donors (Lipinski definition) is 5. The van der Waals surface area contributed by atoms with Crippen molar-refractivity contribution in [2.45, 2.75) is 173 Å². The fraction of sp³-hybridized carbons (Fsp3) is 0.973. The van der Waals surface area contributed by atoms with Crippen LogP contribution in [0.5, 0.6) is 0 Å². The minimum atomic E-state index is -1.32. The summed E-state index contributed by atoms with van der Waals surface area (Å²) in [5.74, 6) is -0.368. The van der Waals surface area contributed by atoms with Gasteiger partial charge in [-0.05, 0) is 117 Å². The molecule has 0 amide bonds. The highest BCUT2D eigenvalue weighted by molar-refractivity contribution is 5.66. The van der Waals surface area contributed by atoms with Crippen molar-refractivity contribution in [1.29, 1.82) is 0 Å². The third-order valence-corrected chi connectivity index (χ3v) is 15.8. The zero-order chi connectivity index (χ0) is 34.3. The van der Waals surface area contributed by atoms with E-state index in [0.29, 0.717) is 12.8 Å². The maximum Gasteiger partial charge on any atom is 0.303 e. The standard InChI is InChI=1S/C37H60O10/c1-19(38)45-27-26(42)22(41)17-44-30(27)46-24-10-12-37-18-36(37)14-13-33(6)29(35(8)11-9-25(47-35)32(4,5)43)21(40)16-34(33,7)23(36)15-20(39)28(37)31(24,2)3/h20-30,39-43H,9-18H2,1-8H3/t20-,21-,22+,23+,24+,25-,26-,27+,28-,29+,30-,33+,34-,35-,36-,37+/m0/s1. The topological polar surface area (TPSA) is 155 Å². The van der Waals surface area contributed by atoms with Crippen LogP contribution in [0.3, 0.4) is 0 Å². The summed E-state index contributed by atoms with van der Waals surface area (Å²) >= 11 is 0. The molecule has 0 aromatic carbocycles. The molecular weight excluding hydrogens is 604 g/mol. The highest BCUT2D eigenvalue weighted by Crippen LogP contribution is 2.89. The van der Waals surface area contributed by atoms with Gasteiger partial charge in [-0.2, -0.15) is 0 Å². The van der Waals surface area contributed by atoms with E-state index >= 15 is 0 Å². The van der Waals surface area contributed by atoms with E-state index in [1.165, 1.54) is 6.92 Å². The largest absolute Gasteiger partial charge is 0.454 e. The lowest BCUT2D eigenvalue weighted by Gasteiger charge is -2.64. The first kappa shape index (κ1) is 34.6. The molecule has 5 saturated carbocycles. The molecule has 7 aliphatic rings. The van der Waals surface area contributed by atoms with Crippen LogP contribution in [0, 0.1) is 44.8 Å². The smallest absolute Gasteiger partial charge is 0.303 e. The van der Waals surface area contributed by atoms with E-state index in [-0.39, 0.29) is 58.2 Å². The summed E-state index contributed by atoms with van der Waals surface area (Å²) in [6, 6.07) is 0. The van der Waals surface area contributed by atoms with Gasteiger partial charge in [0.15, 0.2) is 12.4 Å². The summed E-state index contributed by atoms with van der Waals surface area (Å²) in [6.07, 6.45) is 1.48. The average Bonchev–Trinajstić information content (AvgIpc) is 3.30. The molecule has 2 spiro atoms. The molecule has 2 heterocycles. The van der Waals surface area contributed by atoms with Gasteiger partial charge < -0.3 is 44.5 Å². The van der Waals surface area contributed by atoms with Gasteiger partial charge in [-0.3, -0.25) is 4.79 Å². The summed E-state index contributed by atoms with van der Waals surface area (Å²) < 4.78 is 24.4. The Morgan fingerprint density at radius 3 is 2.19 bits per heavy atom. The maximum atomic E-state index is 12.2. The van der Waals surface area contributed by atoms with Crippen LogP contribution in [-0.4, -0.2) is 98.3 Å². The van der Waals surface area contributed by atoms with Crippen molar-refractivity contribution in [3.8, 4) is 0 Å². The van der Waals surface area contributed by atoms with Crippen LogP contribution in [0.1, 0.15) is 113 Å². The zero-order valence-corrected chi connectivity index (χ0v) is 29.7. The average molecular weight is 665 g/mol. The Labute approximate surface area is 279 Å². The van der Waals surface area contributed by atoms with E-state index in [1.54, 1.807) is 0 Å². The second kappa shape index (κ2) is 10.6. The number of hydrogen-bond acceptors (Lipinski definition) is 10. The van der Waals surface area contributed by atoms with Gasteiger partial charge in [-0.15, -0.1) is 0 Å². The quantitative estimate of drug-likeness (QED) is 0.218. The van der Waals surface area contributed by atoms with Gasteiger partial charge in [0.25, 0.3) is 0 Å². The lowest BCUT2D eigenvalue weighted by Crippen LogP contribution is -2.63. The Morgan fingerprint density at radius 2 is 1.55 bits per heavy atom. The van der Waals surface area contributed by atoms with Gasteiger partial charge in [0.2, 0.25) is 0 Å². The van der Waals surface area contributed by atoms with Crippen molar-refractivity contribution in [3.63, 3.8) is 0 Å². The van der Waals surface area contributed by atoms with Crippen LogP contribution < -0.4 is 0 Å². The normalized spacial score (nSPS) is 56.6. The van der Waals surface area contributed by atoms with E-state index in [2.05, 4.69) is 34.6 Å². The third-order valence-electron chi connectivity index (χ3n) is 15.8. The molecule has 5 aliphatic carbocycles. The second-order valence-corrected chi connectivity index (χ2v) is 18.8. The number of aliphatic hydroxyl groups excluding tert-OH is 4. The first-order chi connectivity index (χ1) is 21.7. The summed E-state index contributed by atoms with van der Waals surface area (Å²) in [5, 5.41) is 55.8. The summed E-state index contributed by atoms with van der Waals surface area (Å²) in [5.41, 5.74) is -2.18. The molecule has 0 radical (unpaired) electrons. The molecule has 16 atom stereocenters. The van der Waals surface area contributed by atoms with Crippen LogP contribution in [0.15, 0.2) is 0 Å². The van der Waals surface area contributed by atoms with Crippen molar-refractivity contribution >= 4 is 5.97 Å². The predicted molar refractivity (Wildman–Crippen MR) is 171 cm³/mol. The minimum absolute atomic E-state index is 0.00501. The van der Waals surface area contributed by atoms with Gasteiger partial charge in [-0.1, -0.05) is 27.7 Å². The molecule has 0 bridgehead atoms. The van der Waals surface area contributed by atoms with Crippen molar-refractivity contribution in [2.75, 3.05) is 6.61 Å². The van der Waals surface area contributed by atoms with E-state index < -0.39 is 59.4 Å². The Hall–Kier alpha value is -0.850. The highest BCUT2D eigenvalue weighted by Gasteiger charge is 2.85. The molecule has 268 valence electrons. The molecule has 10 heteroatoms. The number of carbonyl (C=O) groups excluding carboxylic acids is 1. The fourth-order valence-electron chi connectivity index (χ4n) is 13.7. The summed E-state index contributed by atoms with van der Waals surface area (Å²) in [4.78, 5) is 11.9. The maximum absolute atomic E-state index is 12.2. The Kier molecular flexibility index (Phi) is 7.80. The van der Waals surface area contributed by atoms with Crippen LogP contribution in [0.4, 0.5) is 0 Å². The molecule has 7 rings (SSSR count). The molecule has 47 heavy (non-hydrogen) atoms. The van der Waals surface area contributed by atoms with Crippen molar-refractivity contribution in [2.24, 2.45) is 44.8 Å². The van der Waals surface area contributed by atoms with Crippen LogP contribution in [-0.2, 0) is 23.7 Å². The van der Waals surface area contributed by atoms with Gasteiger partial charge >= 0.3 is 5.97 Å². The van der Waals surface area contributed by atoms with Gasteiger partial charge in [0, 0.05) is 12.8 Å². The SMILES string of the molecule is CC(=O)O[C@H]1[C@H](O[C@@H]2CC[C@]34C[C@]35CC[C@]3(C)[C@H]([C@]6(C)CC[C@@H](C(C)(C)O)O6)[C@@H](O)C[C@@]3(C)[C@H]5C[C@H](O)[C@H]4C2(C)C)OC[C@@H](O)[C@@H]1O. The number of aliphatic hydroxyl groups is 5. The zero-order valence-electron chi connectivity index (χ0n) is 29.7. The second-order valence-electron chi connectivity index (χ2n) is 18.8. The van der Waals surface area contributed by atoms with Crippen molar-refractivity contribution < 1.29 is 49.3 Å². The summed E-state index contributed by atoms with van der Waals surface area (Å²) in [7, 11) is 0. The van der Waals surface area contributed by atoms with Crippen molar-refractivity contribution in [3.05, 3.63) is 0 Å². The number of rotatable bonds is 5. The molecule has 0 aromatic rings. The molecule has 2 aliphatic heterocycles. The van der Waals surface area contributed by atoms with Crippen molar-refractivity contribution in [1.82, 2.24) is 0 Å². The van der Waals surface area contributed by atoms with E-state index in [9.17, 15) is 30.3 Å². The molecule has 10 nitrogen and oxygen atoms in total. The van der Waals surface area contributed by atoms with Crippen LogP contribution in [0.2, 0.25) is 0 Å². The monoisotopic (exact) mass is 664 g/mol. The Morgan fingerprint density at radius 1 is 0.851 bits per heavy atom. The minimum Gasteiger partial charge on any atom is -0.454 e. The number of ether oxygens (including phenoxy) is 4. The highest BCUT2D eigenvalue weighted by atomic mass is 16.7. The number of esters is 1.